The molecule has 1 aromatic heterocycles. The number of carbonyl (C=O) groups is 1. The highest BCUT2D eigenvalue weighted by atomic mass is 19.1. The van der Waals surface area contributed by atoms with E-state index in [1.54, 1.807) is 31.2 Å². The fraction of sp³-hybridized carbons (Fsp3) is 0.250. The number of halogens is 2. The van der Waals surface area contributed by atoms with Crippen LogP contribution >= 0.6 is 0 Å². The molecule has 0 fully saturated rings. The number of nitrogens with zero attached hydrogens (tertiary/aromatic N) is 4. The van der Waals surface area contributed by atoms with E-state index in [1.807, 2.05) is 19.0 Å². The summed E-state index contributed by atoms with van der Waals surface area (Å²) in [5, 5.41) is 10.8. The van der Waals surface area contributed by atoms with Crippen molar-refractivity contribution >= 4 is 5.91 Å². The van der Waals surface area contributed by atoms with Gasteiger partial charge in [0.2, 0.25) is 0 Å². The zero-order valence-electron chi connectivity index (χ0n) is 15.9. The summed E-state index contributed by atoms with van der Waals surface area (Å²) in [5.74, 6) is -1.02. The first-order valence-electron chi connectivity index (χ1n) is 8.75. The van der Waals surface area contributed by atoms with Gasteiger partial charge in [-0.1, -0.05) is 17.3 Å². The van der Waals surface area contributed by atoms with Crippen LogP contribution in [-0.2, 0) is 0 Å². The molecule has 2 aromatic carbocycles. The quantitative estimate of drug-likeness (QED) is 0.709. The average molecular weight is 385 g/mol. The van der Waals surface area contributed by atoms with Gasteiger partial charge in [-0.2, -0.15) is 0 Å². The second kappa shape index (κ2) is 8.26. The van der Waals surface area contributed by atoms with Crippen LogP contribution in [0.25, 0.3) is 5.69 Å². The predicted octanol–water partition coefficient (Wildman–Crippen LogP) is 2.89. The highest BCUT2D eigenvalue weighted by Gasteiger charge is 2.20. The molecule has 0 aliphatic carbocycles. The van der Waals surface area contributed by atoms with E-state index in [1.165, 1.54) is 28.9 Å². The van der Waals surface area contributed by atoms with E-state index in [0.29, 0.717) is 17.9 Å². The van der Waals surface area contributed by atoms with E-state index in [9.17, 15) is 13.6 Å². The second-order valence-electron chi connectivity index (χ2n) is 6.65. The minimum Gasteiger partial charge on any atom is -0.349 e. The van der Waals surface area contributed by atoms with Crippen LogP contribution in [0, 0.1) is 18.6 Å². The lowest BCUT2D eigenvalue weighted by Gasteiger charge is -2.25. The number of nitrogens with one attached hydrogen (secondary N) is 1. The molecule has 0 spiro atoms. The lowest BCUT2D eigenvalue weighted by molar-refractivity contribution is 0.0936. The Balaban J connectivity index is 1.74. The third kappa shape index (κ3) is 4.23. The summed E-state index contributed by atoms with van der Waals surface area (Å²) in [6, 6.07) is 11.8. The molecule has 1 atom stereocenters. The molecule has 3 rings (SSSR count). The van der Waals surface area contributed by atoms with E-state index in [-0.39, 0.29) is 29.3 Å². The fourth-order valence-electron chi connectivity index (χ4n) is 2.92. The Morgan fingerprint density at radius 2 is 1.64 bits per heavy atom. The standard InChI is InChI=1S/C20H21F2N5O/c1-13-19(24-25-27(13)17-10-8-16(22)9-11-17)20(28)23-12-18(26(2)3)14-4-6-15(21)7-5-14/h4-11,18H,12H2,1-3H3,(H,23,28). The molecule has 0 bridgehead atoms. The lowest BCUT2D eigenvalue weighted by Crippen LogP contribution is -2.35. The first-order valence-corrected chi connectivity index (χ1v) is 8.75. The van der Waals surface area contributed by atoms with Gasteiger partial charge in [-0.15, -0.1) is 5.10 Å². The summed E-state index contributed by atoms with van der Waals surface area (Å²) in [5.41, 5.74) is 2.24. The molecular weight excluding hydrogens is 364 g/mol. The van der Waals surface area contributed by atoms with Crippen LogP contribution < -0.4 is 5.32 Å². The molecule has 0 aliphatic rings. The van der Waals surface area contributed by atoms with Gasteiger partial charge in [0.1, 0.15) is 11.6 Å². The molecule has 0 saturated carbocycles. The number of hydrogen-bond acceptors (Lipinski definition) is 4. The van der Waals surface area contributed by atoms with Gasteiger partial charge in [-0.25, -0.2) is 13.5 Å². The molecule has 28 heavy (non-hydrogen) atoms. The van der Waals surface area contributed by atoms with Crippen molar-refractivity contribution in [2.24, 2.45) is 0 Å². The number of hydrogen-bond donors (Lipinski definition) is 1. The maximum atomic E-state index is 13.2. The van der Waals surface area contributed by atoms with E-state index in [4.69, 9.17) is 0 Å². The Labute approximate surface area is 161 Å². The minimum atomic E-state index is -0.361. The highest BCUT2D eigenvalue weighted by molar-refractivity contribution is 5.93. The Morgan fingerprint density at radius 3 is 2.21 bits per heavy atom. The number of benzene rings is 2. The monoisotopic (exact) mass is 385 g/mol. The van der Waals surface area contributed by atoms with Crippen LogP contribution in [0.3, 0.4) is 0 Å². The van der Waals surface area contributed by atoms with Crippen LogP contribution in [0.1, 0.15) is 27.8 Å². The van der Waals surface area contributed by atoms with Gasteiger partial charge in [0.25, 0.3) is 5.91 Å². The molecule has 0 aliphatic heterocycles. The van der Waals surface area contributed by atoms with Gasteiger partial charge in [-0.05, 0) is 63.0 Å². The maximum absolute atomic E-state index is 13.2. The fourth-order valence-corrected chi connectivity index (χ4v) is 2.92. The first kappa shape index (κ1) is 19.6. The topological polar surface area (TPSA) is 63.1 Å². The van der Waals surface area contributed by atoms with Crippen LogP contribution in [-0.4, -0.2) is 46.4 Å². The number of rotatable bonds is 6. The van der Waals surface area contributed by atoms with E-state index < -0.39 is 0 Å². The zero-order valence-corrected chi connectivity index (χ0v) is 15.9. The summed E-state index contributed by atoms with van der Waals surface area (Å²) in [4.78, 5) is 14.6. The summed E-state index contributed by atoms with van der Waals surface area (Å²) in [7, 11) is 3.77. The molecule has 6 nitrogen and oxygen atoms in total. The second-order valence-corrected chi connectivity index (χ2v) is 6.65. The Kier molecular flexibility index (Phi) is 5.79. The van der Waals surface area contributed by atoms with Crippen molar-refractivity contribution in [1.29, 1.82) is 0 Å². The summed E-state index contributed by atoms with van der Waals surface area (Å²) < 4.78 is 27.8. The summed E-state index contributed by atoms with van der Waals surface area (Å²) in [6.45, 7) is 2.04. The van der Waals surface area contributed by atoms with Crippen LogP contribution in [0.5, 0.6) is 0 Å². The van der Waals surface area contributed by atoms with Gasteiger partial charge in [-0.3, -0.25) is 4.79 Å². The van der Waals surface area contributed by atoms with Crippen LogP contribution in [0.15, 0.2) is 48.5 Å². The van der Waals surface area contributed by atoms with Crippen molar-refractivity contribution < 1.29 is 13.6 Å². The summed E-state index contributed by atoms with van der Waals surface area (Å²) >= 11 is 0. The van der Waals surface area contributed by atoms with Crippen molar-refractivity contribution in [2.75, 3.05) is 20.6 Å². The molecule has 0 saturated heterocycles. The Hall–Kier alpha value is -3.13. The molecule has 1 amide bonds. The van der Waals surface area contributed by atoms with E-state index >= 15 is 0 Å². The van der Waals surface area contributed by atoms with Crippen molar-refractivity contribution in [1.82, 2.24) is 25.2 Å². The molecule has 0 radical (unpaired) electrons. The Bertz CT molecular complexity index is 952. The molecule has 146 valence electrons. The highest BCUT2D eigenvalue weighted by Crippen LogP contribution is 2.18. The first-order chi connectivity index (χ1) is 13.4. The molecule has 1 unspecified atom stereocenters. The predicted molar refractivity (Wildman–Crippen MR) is 101 cm³/mol. The summed E-state index contributed by atoms with van der Waals surface area (Å²) in [6.07, 6.45) is 0. The third-order valence-corrected chi connectivity index (χ3v) is 4.51. The minimum absolute atomic E-state index is 0.128. The van der Waals surface area contributed by atoms with Crippen LogP contribution in [0.2, 0.25) is 0 Å². The number of amides is 1. The van der Waals surface area contributed by atoms with Crippen molar-refractivity contribution in [3.05, 3.63) is 77.1 Å². The third-order valence-electron chi connectivity index (χ3n) is 4.51. The smallest absolute Gasteiger partial charge is 0.273 e. The maximum Gasteiger partial charge on any atom is 0.273 e. The molecular formula is C20H21F2N5O. The molecule has 3 aromatic rings. The number of carbonyl (C=O) groups excluding carboxylic acids is 1. The van der Waals surface area contributed by atoms with E-state index in [0.717, 1.165) is 5.56 Å². The number of likely N-dealkylation sites (N-methyl/N-ethyl adjacent to an activating group) is 1. The normalized spacial score (nSPS) is 12.2. The van der Waals surface area contributed by atoms with E-state index in [2.05, 4.69) is 15.6 Å². The van der Waals surface area contributed by atoms with Crippen molar-refractivity contribution in [2.45, 2.75) is 13.0 Å². The number of aromatic nitrogens is 3. The largest absolute Gasteiger partial charge is 0.349 e. The van der Waals surface area contributed by atoms with Gasteiger partial charge in [0, 0.05) is 6.54 Å². The molecule has 1 heterocycles. The van der Waals surface area contributed by atoms with Crippen LogP contribution in [0.4, 0.5) is 8.78 Å². The van der Waals surface area contributed by atoms with Gasteiger partial charge in [0.15, 0.2) is 5.69 Å². The van der Waals surface area contributed by atoms with Gasteiger partial charge < -0.3 is 10.2 Å². The lowest BCUT2D eigenvalue weighted by atomic mass is 10.1. The zero-order chi connectivity index (χ0) is 20.3. The van der Waals surface area contributed by atoms with Gasteiger partial charge >= 0.3 is 0 Å². The van der Waals surface area contributed by atoms with Gasteiger partial charge in [0.05, 0.1) is 17.4 Å². The average Bonchev–Trinajstić information content (AvgIpc) is 3.05. The van der Waals surface area contributed by atoms with Crippen molar-refractivity contribution in [3.8, 4) is 5.69 Å². The SMILES string of the molecule is Cc1c(C(=O)NCC(c2ccc(F)cc2)N(C)C)nnn1-c1ccc(F)cc1. The molecule has 1 N–H and O–H groups in total. The van der Waals surface area contributed by atoms with Crippen molar-refractivity contribution in [3.63, 3.8) is 0 Å². The molecule has 8 heteroatoms. The Morgan fingerprint density at radius 1 is 1.07 bits per heavy atom.